The molecule has 2 amide bonds. The van der Waals surface area contributed by atoms with E-state index >= 15 is 0 Å². The summed E-state index contributed by atoms with van der Waals surface area (Å²) in [5, 5.41) is 6.00. The molecule has 1 heterocycles. The number of methoxy groups -OCH3 is 1. The molecule has 138 valence electrons. The van der Waals surface area contributed by atoms with Gasteiger partial charge in [-0.15, -0.1) is 0 Å². The summed E-state index contributed by atoms with van der Waals surface area (Å²) < 4.78 is 4.79. The van der Waals surface area contributed by atoms with E-state index in [1.54, 1.807) is 12.1 Å². The number of carbonyl (C=O) groups is 2. The van der Waals surface area contributed by atoms with E-state index in [9.17, 15) is 9.59 Å². The molecular weight excluding hydrogens is 318 g/mol. The van der Waals surface area contributed by atoms with Crippen LogP contribution in [0, 0.1) is 0 Å². The minimum Gasteiger partial charge on any atom is -0.375 e. The van der Waals surface area contributed by atoms with Crippen molar-refractivity contribution in [3.8, 4) is 0 Å². The molecule has 3 atom stereocenters. The number of rotatable bonds is 6. The van der Waals surface area contributed by atoms with Crippen molar-refractivity contribution < 1.29 is 14.3 Å². The van der Waals surface area contributed by atoms with Crippen molar-refractivity contribution in [2.45, 2.75) is 58.2 Å². The summed E-state index contributed by atoms with van der Waals surface area (Å²) in [5.74, 6) is -0.0583. The first-order chi connectivity index (χ1) is 11.9. The molecule has 0 aromatic heterocycles. The van der Waals surface area contributed by atoms with Crippen LogP contribution >= 0.6 is 0 Å². The van der Waals surface area contributed by atoms with Crippen LogP contribution in [-0.4, -0.2) is 48.6 Å². The molecule has 1 aromatic carbocycles. The summed E-state index contributed by atoms with van der Waals surface area (Å²) >= 11 is 0. The zero-order chi connectivity index (χ0) is 18.4. The minimum absolute atomic E-state index is 0.0255. The summed E-state index contributed by atoms with van der Waals surface area (Å²) in [5.41, 5.74) is 1.55. The maximum absolute atomic E-state index is 12.8. The van der Waals surface area contributed by atoms with Gasteiger partial charge in [-0.25, -0.2) is 0 Å². The number of ether oxygens (including phenoxy) is 1. The van der Waals surface area contributed by atoms with Crippen molar-refractivity contribution >= 4 is 23.2 Å². The van der Waals surface area contributed by atoms with Gasteiger partial charge in [-0.2, -0.15) is 0 Å². The fraction of sp³-hybridized carbons (Fsp3) is 0.579. The lowest BCUT2D eigenvalue weighted by Gasteiger charge is -2.40. The molecular formula is C19H29N3O3. The number of hydrogen-bond acceptors (Lipinski definition) is 4. The van der Waals surface area contributed by atoms with E-state index in [-0.39, 0.29) is 24.5 Å². The van der Waals surface area contributed by atoms with Crippen molar-refractivity contribution in [3.05, 3.63) is 24.3 Å². The number of likely N-dealkylation sites (tertiary alicyclic amines) is 1. The molecule has 1 aliphatic rings. The van der Waals surface area contributed by atoms with Gasteiger partial charge >= 0.3 is 0 Å². The molecule has 25 heavy (non-hydrogen) atoms. The van der Waals surface area contributed by atoms with Gasteiger partial charge < -0.3 is 20.3 Å². The molecule has 1 aliphatic heterocycles. The fourth-order valence-electron chi connectivity index (χ4n) is 3.37. The van der Waals surface area contributed by atoms with Crippen molar-refractivity contribution in [1.82, 2.24) is 4.90 Å². The average Bonchev–Trinajstić information content (AvgIpc) is 2.56. The van der Waals surface area contributed by atoms with Crippen LogP contribution in [0.5, 0.6) is 0 Å². The number of anilines is 2. The highest BCUT2D eigenvalue weighted by molar-refractivity contribution is 5.92. The predicted molar refractivity (Wildman–Crippen MR) is 99.7 cm³/mol. The molecule has 0 aliphatic carbocycles. The van der Waals surface area contributed by atoms with E-state index in [0.29, 0.717) is 17.8 Å². The van der Waals surface area contributed by atoms with Crippen LogP contribution in [-0.2, 0) is 14.3 Å². The van der Waals surface area contributed by atoms with Crippen LogP contribution < -0.4 is 10.6 Å². The quantitative estimate of drug-likeness (QED) is 0.830. The summed E-state index contributed by atoms with van der Waals surface area (Å²) in [6.07, 6.45) is 3.32. The summed E-state index contributed by atoms with van der Waals surface area (Å²) in [4.78, 5) is 26.3. The van der Waals surface area contributed by atoms with Gasteiger partial charge in [-0.1, -0.05) is 0 Å². The second-order valence-electron chi connectivity index (χ2n) is 6.80. The Balaban J connectivity index is 1.94. The Labute approximate surface area is 149 Å². The predicted octanol–water partition coefficient (Wildman–Crippen LogP) is 2.86. The number of carbonyl (C=O) groups excluding carboxylic acids is 2. The second kappa shape index (κ2) is 8.85. The minimum atomic E-state index is -0.295. The van der Waals surface area contributed by atoms with E-state index in [0.717, 1.165) is 18.5 Å². The number of piperidine rings is 1. The lowest BCUT2D eigenvalue weighted by atomic mass is 9.96. The molecule has 6 nitrogen and oxygen atoms in total. The van der Waals surface area contributed by atoms with Crippen molar-refractivity contribution in [2.75, 3.05) is 24.4 Å². The Hall–Kier alpha value is -2.08. The highest BCUT2D eigenvalue weighted by Gasteiger charge is 2.31. The monoisotopic (exact) mass is 347 g/mol. The van der Waals surface area contributed by atoms with Gasteiger partial charge in [0.05, 0.1) is 0 Å². The topological polar surface area (TPSA) is 70.7 Å². The third kappa shape index (κ3) is 5.19. The highest BCUT2D eigenvalue weighted by atomic mass is 16.5. The van der Waals surface area contributed by atoms with E-state index in [2.05, 4.69) is 24.5 Å². The molecule has 1 aromatic rings. The molecule has 2 N–H and O–H groups in total. The Morgan fingerprint density at radius 2 is 1.72 bits per heavy atom. The van der Waals surface area contributed by atoms with Gasteiger partial charge in [0, 0.05) is 30.6 Å². The summed E-state index contributed by atoms with van der Waals surface area (Å²) in [6.45, 7) is 6.16. The Bertz CT molecular complexity index is 578. The maximum Gasteiger partial charge on any atom is 0.250 e. The molecule has 0 bridgehead atoms. The normalized spacial score (nSPS) is 21.5. The van der Waals surface area contributed by atoms with Crippen LogP contribution in [0.15, 0.2) is 24.3 Å². The summed E-state index contributed by atoms with van der Waals surface area (Å²) in [6, 6.07) is 7.61. The summed E-state index contributed by atoms with van der Waals surface area (Å²) in [7, 11) is 1.48. The molecule has 2 rings (SSSR count). The first kappa shape index (κ1) is 19.2. The molecule has 0 saturated carbocycles. The Morgan fingerprint density at radius 3 is 2.28 bits per heavy atom. The Morgan fingerprint density at radius 1 is 1.16 bits per heavy atom. The van der Waals surface area contributed by atoms with Gasteiger partial charge in [-0.3, -0.25) is 9.59 Å². The van der Waals surface area contributed by atoms with Gasteiger partial charge in [0.25, 0.3) is 0 Å². The Kier molecular flexibility index (Phi) is 6.82. The standard InChI is InChI=1S/C19H29N3O3/c1-13-6-5-7-14(2)22(13)19(24)15(3)20-16-8-10-17(11-9-16)21-18(23)12-25-4/h8-11,13-15,20H,5-7,12H2,1-4H3,(H,21,23)/t13-,14-,15-/m1/s1. The zero-order valence-electron chi connectivity index (χ0n) is 15.5. The molecule has 1 saturated heterocycles. The number of nitrogens with one attached hydrogen (secondary N) is 2. The number of nitrogens with zero attached hydrogens (tertiary/aromatic N) is 1. The first-order valence-electron chi connectivity index (χ1n) is 8.90. The average molecular weight is 347 g/mol. The van der Waals surface area contributed by atoms with Crippen LogP contribution in [0.1, 0.15) is 40.0 Å². The molecule has 0 radical (unpaired) electrons. The smallest absolute Gasteiger partial charge is 0.250 e. The molecule has 0 spiro atoms. The van der Waals surface area contributed by atoms with Gasteiger partial charge in [0.15, 0.2) is 0 Å². The fourth-order valence-corrected chi connectivity index (χ4v) is 3.37. The van der Waals surface area contributed by atoms with Crippen LogP contribution in [0.4, 0.5) is 11.4 Å². The van der Waals surface area contributed by atoms with E-state index in [1.165, 1.54) is 13.5 Å². The van der Waals surface area contributed by atoms with E-state index in [1.807, 2.05) is 24.0 Å². The maximum atomic E-state index is 12.8. The molecule has 0 unspecified atom stereocenters. The van der Waals surface area contributed by atoms with E-state index in [4.69, 9.17) is 4.74 Å². The lowest BCUT2D eigenvalue weighted by Crippen LogP contribution is -2.52. The van der Waals surface area contributed by atoms with Crippen LogP contribution in [0.25, 0.3) is 0 Å². The zero-order valence-corrected chi connectivity index (χ0v) is 15.5. The third-order valence-electron chi connectivity index (χ3n) is 4.65. The van der Waals surface area contributed by atoms with Crippen LogP contribution in [0.3, 0.4) is 0 Å². The van der Waals surface area contributed by atoms with Crippen LogP contribution in [0.2, 0.25) is 0 Å². The third-order valence-corrected chi connectivity index (χ3v) is 4.65. The number of benzene rings is 1. The van der Waals surface area contributed by atoms with Crippen molar-refractivity contribution in [3.63, 3.8) is 0 Å². The first-order valence-corrected chi connectivity index (χ1v) is 8.90. The number of amides is 2. The molecule has 1 fully saturated rings. The highest BCUT2D eigenvalue weighted by Crippen LogP contribution is 2.24. The van der Waals surface area contributed by atoms with Crippen molar-refractivity contribution in [2.24, 2.45) is 0 Å². The SMILES string of the molecule is COCC(=O)Nc1ccc(N[C@H](C)C(=O)N2[C@H](C)CCC[C@H]2C)cc1. The van der Waals surface area contributed by atoms with Gasteiger partial charge in [0.1, 0.15) is 12.6 Å². The largest absolute Gasteiger partial charge is 0.375 e. The van der Waals surface area contributed by atoms with Crippen molar-refractivity contribution in [1.29, 1.82) is 0 Å². The van der Waals surface area contributed by atoms with Gasteiger partial charge in [-0.05, 0) is 64.3 Å². The lowest BCUT2D eigenvalue weighted by molar-refractivity contribution is -0.137. The number of hydrogen-bond donors (Lipinski definition) is 2. The second-order valence-corrected chi connectivity index (χ2v) is 6.80. The van der Waals surface area contributed by atoms with Gasteiger partial charge in [0.2, 0.25) is 11.8 Å². The molecule has 6 heteroatoms. The van der Waals surface area contributed by atoms with E-state index < -0.39 is 0 Å².